The van der Waals surface area contributed by atoms with Gasteiger partial charge in [-0.25, -0.2) is 0 Å². The molecule has 0 aliphatic heterocycles. The second-order valence-corrected chi connectivity index (χ2v) is 4.91. The molecule has 1 rings (SSSR count). The lowest BCUT2D eigenvalue weighted by Crippen LogP contribution is -2.09. The summed E-state index contributed by atoms with van der Waals surface area (Å²) in [6, 6.07) is 7.96. The highest BCUT2D eigenvalue weighted by molar-refractivity contribution is 8.00. The smallest absolute Gasteiger partial charge is 0.0541 e. The number of hydrogen-bond acceptors (Lipinski definition) is 2. The molecule has 78 valence electrons. The molecule has 0 amide bonds. The number of thioether (sulfide) groups is 1. The standard InChI is InChI=1S/C11H16ClNS/c1-2-9(7-8-13)14-11-6-4-3-5-10(11)12/h3-6,9H,2,7-8,13H2,1H3. The molecule has 0 bridgehead atoms. The molecule has 0 radical (unpaired) electrons. The number of halogens is 1. The molecule has 1 aromatic rings. The Kier molecular flexibility index (Phi) is 5.38. The summed E-state index contributed by atoms with van der Waals surface area (Å²) < 4.78 is 0. The fraction of sp³-hybridized carbons (Fsp3) is 0.455. The van der Waals surface area contributed by atoms with Crippen molar-refractivity contribution in [1.82, 2.24) is 0 Å². The van der Waals surface area contributed by atoms with Crippen molar-refractivity contribution in [3.05, 3.63) is 29.3 Å². The first-order chi connectivity index (χ1) is 6.77. The molecule has 3 heteroatoms. The van der Waals surface area contributed by atoms with Crippen LogP contribution in [0, 0.1) is 0 Å². The maximum Gasteiger partial charge on any atom is 0.0541 e. The van der Waals surface area contributed by atoms with Crippen LogP contribution in [0.15, 0.2) is 29.2 Å². The zero-order valence-electron chi connectivity index (χ0n) is 8.37. The Balaban J connectivity index is 2.62. The van der Waals surface area contributed by atoms with E-state index in [-0.39, 0.29) is 0 Å². The minimum Gasteiger partial charge on any atom is -0.330 e. The maximum absolute atomic E-state index is 6.07. The molecule has 1 aromatic carbocycles. The van der Waals surface area contributed by atoms with E-state index in [0.29, 0.717) is 5.25 Å². The van der Waals surface area contributed by atoms with Gasteiger partial charge in [-0.15, -0.1) is 11.8 Å². The lowest BCUT2D eigenvalue weighted by Gasteiger charge is -2.13. The van der Waals surface area contributed by atoms with Crippen LogP contribution in [0.25, 0.3) is 0 Å². The van der Waals surface area contributed by atoms with Crippen molar-refractivity contribution in [1.29, 1.82) is 0 Å². The Morgan fingerprint density at radius 3 is 2.71 bits per heavy atom. The van der Waals surface area contributed by atoms with Gasteiger partial charge in [-0.05, 0) is 31.5 Å². The minimum atomic E-state index is 0.583. The van der Waals surface area contributed by atoms with Gasteiger partial charge < -0.3 is 5.73 Å². The topological polar surface area (TPSA) is 26.0 Å². The van der Waals surface area contributed by atoms with E-state index in [9.17, 15) is 0 Å². The highest BCUT2D eigenvalue weighted by Gasteiger charge is 2.08. The number of nitrogens with two attached hydrogens (primary N) is 1. The monoisotopic (exact) mass is 229 g/mol. The third-order valence-corrected chi connectivity index (χ3v) is 4.03. The summed E-state index contributed by atoms with van der Waals surface area (Å²) in [5, 5.41) is 1.42. The van der Waals surface area contributed by atoms with Crippen LogP contribution < -0.4 is 5.73 Å². The number of rotatable bonds is 5. The first-order valence-electron chi connectivity index (χ1n) is 4.89. The summed E-state index contributed by atoms with van der Waals surface area (Å²) in [7, 11) is 0. The lowest BCUT2D eigenvalue weighted by molar-refractivity contribution is 0.745. The van der Waals surface area contributed by atoms with Gasteiger partial charge in [0.05, 0.1) is 5.02 Å². The summed E-state index contributed by atoms with van der Waals surface area (Å²) in [5.41, 5.74) is 5.55. The van der Waals surface area contributed by atoms with Crippen molar-refractivity contribution >= 4 is 23.4 Å². The number of hydrogen-bond donors (Lipinski definition) is 1. The summed E-state index contributed by atoms with van der Waals surface area (Å²) in [6.07, 6.45) is 2.18. The minimum absolute atomic E-state index is 0.583. The van der Waals surface area contributed by atoms with Crippen LogP contribution in [0.1, 0.15) is 19.8 Å². The van der Waals surface area contributed by atoms with E-state index in [1.54, 1.807) is 0 Å². The SMILES string of the molecule is CCC(CCN)Sc1ccccc1Cl. The Bertz CT molecular complexity index is 278. The van der Waals surface area contributed by atoms with Crippen LogP contribution in [0.5, 0.6) is 0 Å². The van der Waals surface area contributed by atoms with Gasteiger partial charge in [0, 0.05) is 10.1 Å². The normalized spacial score (nSPS) is 12.8. The first-order valence-corrected chi connectivity index (χ1v) is 6.15. The zero-order chi connectivity index (χ0) is 10.4. The quantitative estimate of drug-likeness (QED) is 0.782. The van der Waals surface area contributed by atoms with Gasteiger partial charge >= 0.3 is 0 Å². The molecule has 0 aliphatic carbocycles. The van der Waals surface area contributed by atoms with Gasteiger partial charge in [0.1, 0.15) is 0 Å². The molecule has 0 saturated carbocycles. The van der Waals surface area contributed by atoms with E-state index in [1.165, 1.54) is 0 Å². The van der Waals surface area contributed by atoms with E-state index in [2.05, 4.69) is 13.0 Å². The fourth-order valence-corrected chi connectivity index (χ4v) is 2.64. The second-order valence-electron chi connectivity index (χ2n) is 3.16. The van der Waals surface area contributed by atoms with Crippen LogP contribution in [0.3, 0.4) is 0 Å². The molecule has 1 atom stereocenters. The van der Waals surface area contributed by atoms with Gasteiger partial charge in [-0.2, -0.15) is 0 Å². The fourth-order valence-electron chi connectivity index (χ4n) is 1.25. The Morgan fingerprint density at radius 2 is 2.14 bits per heavy atom. The molecule has 14 heavy (non-hydrogen) atoms. The van der Waals surface area contributed by atoms with Gasteiger partial charge in [-0.1, -0.05) is 30.7 Å². The molecule has 0 heterocycles. The molecule has 0 aromatic heterocycles. The average Bonchev–Trinajstić information content (AvgIpc) is 2.20. The van der Waals surface area contributed by atoms with Crippen molar-refractivity contribution in [3.63, 3.8) is 0 Å². The predicted octanol–water partition coefficient (Wildman–Crippen LogP) is 3.56. The molecule has 0 spiro atoms. The van der Waals surface area contributed by atoms with Crippen LogP contribution in [-0.4, -0.2) is 11.8 Å². The Labute approximate surface area is 95.0 Å². The van der Waals surface area contributed by atoms with E-state index in [0.717, 1.165) is 29.3 Å². The van der Waals surface area contributed by atoms with Crippen molar-refractivity contribution in [3.8, 4) is 0 Å². The predicted molar refractivity (Wildman–Crippen MR) is 65.1 cm³/mol. The molecule has 0 saturated heterocycles. The molecule has 2 N–H and O–H groups in total. The third kappa shape index (κ3) is 3.52. The van der Waals surface area contributed by atoms with E-state index in [4.69, 9.17) is 17.3 Å². The van der Waals surface area contributed by atoms with Crippen molar-refractivity contribution in [2.45, 2.75) is 29.9 Å². The third-order valence-electron chi connectivity index (χ3n) is 2.07. The van der Waals surface area contributed by atoms with Crippen LogP contribution in [0.4, 0.5) is 0 Å². The summed E-state index contributed by atoms with van der Waals surface area (Å²) in [4.78, 5) is 1.16. The van der Waals surface area contributed by atoms with Crippen molar-refractivity contribution in [2.75, 3.05) is 6.54 Å². The molecular formula is C11H16ClNS. The second kappa shape index (κ2) is 6.33. The molecule has 0 aliphatic rings. The zero-order valence-corrected chi connectivity index (χ0v) is 9.94. The average molecular weight is 230 g/mol. The highest BCUT2D eigenvalue weighted by Crippen LogP contribution is 2.32. The molecular weight excluding hydrogens is 214 g/mol. The number of benzene rings is 1. The maximum atomic E-state index is 6.07. The molecule has 1 unspecified atom stereocenters. The van der Waals surface area contributed by atoms with Gasteiger partial charge in [0.2, 0.25) is 0 Å². The Hall–Kier alpha value is -0.180. The molecule has 1 nitrogen and oxygen atoms in total. The highest BCUT2D eigenvalue weighted by atomic mass is 35.5. The first kappa shape index (κ1) is 11.9. The Morgan fingerprint density at radius 1 is 1.43 bits per heavy atom. The van der Waals surface area contributed by atoms with Crippen LogP contribution in [0.2, 0.25) is 5.02 Å². The lowest BCUT2D eigenvalue weighted by atomic mass is 10.2. The van der Waals surface area contributed by atoms with E-state index >= 15 is 0 Å². The molecule has 0 fully saturated rings. The van der Waals surface area contributed by atoms with Gasteiger partial charge in [0.25, 0.3) is 0 Å². The van der Waals surface area contributed by atoms with Gasteiger partial charge in [0.15, 0.2) is 0 Å². The van der Waals surface area contributed by atoms with E-state index in [1.807, 2.05) is 30.0 Å². The summed E-state index contributed by atoms with van der Waals surface area (Å²) in [6.45, 7) is 2.93. The van der Waals surface area contributed by atoms with Crippen LogP contribution in [-0.2, 0) is 0 Å². The van der Waals surface area contributed by atoms with E-state index < -0.39 is 0 Å². The summed E-state index contributed by atoms with van der Waals surface area (Å²) in [5.74, 6) is 0. The largest absolute Gasteiger partial charge is 0.330 e. The van der Waals surface area contributed by atoms with Crippen molar-refractivity contribution in [2.24, 2.45) is 5.73 Å². The van der Waals surface area contributed by atoms with Gasteiger partial charge in [-0.3, -0.25) is 0 Å². The summed E-state index contributed by atoms with van der Waals surface area (Å²) >= 11 is 7.90. The van der Waals surface area contributed by atoms with Crippen molar-refractivity contribution < 1.29 is 0 Å². The van der Waals surface area contributed by atoms with Crippen LogP contribution >= 0.6 is 23.4 Å².